The van der Waals surface area contributed by atoms with E-state index in [0.29, 0.717) is 12.3 Å². The highest BCUT2D eigenvalue weighted by atomic mass is 16.2. The number of hydrogen-bond donors (Lipinski definition) is 1. The lowest BCUT2D eigenvalue weighted by Crippen LogP contribution is -2.34. The Bertz CT molecular complexity index is 166. The molecule has 76 valence electrons. The minimum absolute atomic E-state index is 0.295. The van der Waals surface area contributed by atoms with Crippen molar-refractivity contribution in [1.29, 1.82) is 0 Å². The SMILES string of the molecule is CCN(CC1CC1)C(=O)CCNC. The normalized spacial score (nSPS) is 15.8. The maximum Gasteiger partial charge on any atom is 0.223 e. The first kappa shape index (κ1) is 10.5. The van der Waals surface area contributed by atoms with Crippen LogP contribution in [0.3, 0.4) is 0 Å². The molecule has 3 heteroatoms. The van der Waals surface area contributed by atoms with Gasteiger partial charge in [0.2, 0.25) is 5.91 Å². The van der Waals surface area contributed by atoms with Crippen molar-refractivity contribution in [3.05, 3.63) is 0 Å². The minimum Gasteiger partial charge on any atom is -0.343 e. The summed E-state index contributed by atoms with van der Waals surface area (Å²) in [6.45, 7) is 4.69. The summed E-state index contributed by atoms with van der Waals surface area (Å²) in [5.74, 6) is 1.10. The Balaban J connectivity index is 2.21. The highest BCUT2D eigenvalue weighted by molar-refractivity contribution is 5.76. The Morgan fingerprint density at radius 1 is 1.54 bits per heavy atom. The molecule has 3 nitrogen and oxygen atoms in total. The third-order valence-electron chi connectivity index (χ3n) is 2.50. The molecular weight excluding hydrogens is 164 g/mol. The van der Waals surface area contributed by atoms with Crippen molar-refractivity contribution >= 4 is 5.91 Å². The smallest absolute Gasteiger partial charge is 0.223 e. The molecule has 0 spiro atoms. The van der Waals surface area contributed by atoms with E-state index in [9.17, 15) is 4.79 Å². The van der Waals surface area contributed by atoms with Gasteiger partial charge in [0.25, 0.3) is 0 Å². The Labute approximate surface area is 80.5 Å². The molecule has 0 bridgehead atoms. The monoisotopic (exact) mass is 184 g/mol. The van der Waals surface area contributed by atoms with Crippen LogP contribution in [0.2, 0.25) is 0 Å². The molecule has 0 saturated heterocycles. The van der Waals surface area contributed by atoms with Crippen molar-refractivity contribution in [1.82, 2.24) is 10.2 Å². The summed E-state index contributed by atoms with van der Waals surface area (Å²) in [6.07, 6.45) is 3.27. The third-order valence-corrected chi connectivity index (χ3v) is 2.50. The third kappa shape index (κ3) is 3.77. The van der Waals surface area contributed by atoms with Gasteiger partial charge in [0, 0.05) is 26.1 Å². The van der Waals surface area contributed by atoms with Gasteiger partial charge in [0.15, 0.2) is 0 Å². The maximum absolute atomic E-state index is 11.6. The van der Waals surface area contributed by atoms with Crippen molar-refractivity contribution in [3.63, 3.8) is 0 Å². The molecular formula is C10H20N2O. The molecule has 0 unspecified atom stereocenters. The average Bonchev–Trinajstić information content (AvgIpc) is 2.93. The van der Waals surface area contributed by atoms with Gasteiger partial charge < -0.3 is 10.2 Å². The van der Waals surface area contributed by atoms with E-state index in [0.717, 1.165) is 25.6 Å². The van der Waals surface area contributed by atoms with Gasteiger partial charge in [0.05, 0.1) is 0 Å². The molecule has 0 atom stereocenters. The molecule has 0 aromatic rings. The molecule has 1 amide bonds. The number of nitrogens with one attached hydrogen (secondary N) is 1. The molecule has 1 rings (SSSR count). The van der Waals surface area contributed by atoms with E-state index in [2.05, 4.69) is 12.2 Å². The summed E-state index contributed by atoms with van der Waals surface area (Å²) in [6, 6.07) is 0. The molecule has 1 aliphatic carbocycles. The Kier molecular flexibility index (Phi) is 4.22. The molecule has 13 heavy (non-hydrogen) atoms. The lowest BCUT2D eigenvalue weighted by atomic mass is 10.3. The fraction of sp³-hybridized carbons (Fsp3) is 0.900. The predicted octanol–water partition coefficient (Wildman–Crippen LogP) is 0.854. The molecule has 0 radical (unpaired) electrons. The first-order valence-corrected chi connectivity index (χ1v) is 5.20. The highest BCUT2D eigenvalue weighted by Gasteiger charge is 2.25. The lowest BCUT2D eigenvalue weighted by molar-refractivity contribution is -0.131. The quantitative estimate of drug-likeness (QED) is 0.664. The van der Waals surface area contributed by atoms with Gasteiger partial charge in [-0.05, 0) is 32.7 Å². The van der Waals surface area contributed by atoms with Gasteiger partial charge in [-0.1, -0.05) is 0 Å². The lowest BCUT2D eigenvalue weighted by Gasteiger charge is -2.20. The van der Waals surface area contributed by atoms with E-state index >= 15 is 0 Å². The van der Waals surface area contributed by atoms with E-state index in [1.54, 1.807) is 0 Å². The van der Waals surface area contributed by atoms with Crippen molar-refractivity contribution in [2.24, 2.45) is 5.92 Å². The zero-order valence-electron chi connectivity index (χ0n) is 8.68. The average molecular weight is 184 g/mol. The Morgan fingerprint density at radius 2 is 2.23 bits per heavy atom. The van der Waals surface area contributed by atoms with Crippen molar-refractivity contribution < 1.29 is 4.79 Å². The molecule has 1 aliphatic rings. The zero-order valence-corrected chi connectivity index (χ0v) is 8.68. The van der Waals surface area contributed by atoms with Crippen LogP contribution in [-0.2, 0) is 4.79 Å². The van der Waals surface area contributed by atoms with E-state index in [1.807, 2.05) is 11.9 Å². The van der Waals surface area contributed by atoms with Gasteiger partial charge in [-0.2, -0.15) is 0 Å². The first-order valence-electron chi connectivity index (χ1n) is 5.20. The van der Waals surface area contributed by atoms with Crippen LogP contribution in [0.4, 0.5) is 0 Å². The fourth-order valence-corrected chi connectivity index (χ4v) is 1.41. The molecule has 1 fully saturated rings. The molecule has 1 saturated carbocycles. The van der Waals surface area contributed by atoms with Gasteiger partial charge in [-0.25, -0.2) is 0 Å². The second-order valence-electron chi connectivity index (χ2n) is 3.73. The Hall–Kier alpha value is -0.570. The number of hydrogen-bond acceptors (Lipinski definition) is 2. The van der Waals surface area contributed by atoms with E-state index < -0.39 is 0 Å². The molecule has 1 N–H and O–H groups in total. The van der Waals surface area contributed by atoms with Crippen LogP contribution in [0.25, 0.3) is 0 Å². The van der Waals surface area contributed by atoms with Crippen molar-refractivity contribution in [2.45, 2.75) is 26.2 Å². The summed E-state index contributed by atoms with van der Waals surface area (Å²) in [5.41, 5.74) is 0. The molecule has 0 aromatic carbocycles. The van der Waals surface area contributed by atoms with Crippen LogP contribution in [0.15, 0.2) is 0 Å². The number of nitrogens with zero attached hydrogens (tertiary/aromatic N) is 1. The zero-order chi connectivity index (χ0) is 9.68. The van der Waals surface area contributed by atoms with Gasteiger partial charge in [-0.15, -0.1) is 0 Å². The molecule has 0 aliphatic heterocycles. The maximum atomic E-state index is 11.6. The standard InChI is InChI=1S/C10H20N2O/c1-3-12(8-9-4-5-9)10(13)6-7-11-2/h9,11H,3-8H2,1-2H3. The summed E-state index contributed by atoms with van der Waals surface area (Å²) >= 11 is 0. The van der Waals surface area contributed by atoms with Crippen LogP contribution in [-0.4, -0.2) is 37.5 Å². The Morgan fingerprint density at radius 3 is 2.69 bits per heavy atom. The van der Waals surface area contributed by atoms with Crippen molar-refractivity contribution in [2.75, 3.05) is 26.7 Å². The highest BCUT2D eigenvalue weighted by Crippen LogP contribution is 2.29. The minimum atomic E-state index is 0.295. The van der Waals surface area contributed by atoms with Crippen molar-refractivity contribution in [3.8, 4) is 0 Å². The first-order chi connectivity index (χ1) is 6.27. The summed E-state index contributed by atoms with van der Waals surface area (Å²) in [5, 5.41) is 3.00. The predicted molar refractivity (Wildman–Crippen MR) is 53.5 cm³/mol. The number of rotatable bonds is 6. The second-order valence-corrected chi connectivity index (χ2v) is 3.73. The second kappa shape index (κ2) is 5.22. The van der Waals surface area contributed by atoms with E-state index in [-0.39, 0.29) is 0 Å². The van der Waals surface area contributed by atoms with Crippen LogP contribution in [0.5, 0.6) is 0 Å². The number of amides is 1. The van der Waals surface area contributed by atoms with Crippen LogP contribution >= 0.6 is 0 Å². The van der Waals surface area contributed by atoms with Crippen LogP contribution in [0, 0.1) is 5.92 Å². The molecule has 0 heterocycles. The topological polar surface area (TPSA) is 32.3 Å². The fourth-order valence-electron chi connectivity index (χ4n) is 1.41. The van der Waals surface area contributed by atoms with Gasteiger partial charge >= 0.3 is 0 Å². The molecule has 0 aromatic heterocycles. The number of carbonyl (C=O) groups is 1. The summed E-state index contributed by atoms with van der Waals surface area (Å²) in [7, 11) is 1.88. The van der Waals surface area contributed by atoms with Gasteiger partial charge in [-0.3, -0.25) is 4.79 Å². The van der Waals surface area contributed by atoms with Gasteiger partial charge in [0.1, 0.15) is 0 Å². The number of carbonyl (C=O) groups excluding carboxylic acids is 1. The van der Waals surface area contributed by atoms with Crippen LogP contribution in [0.1, 0.15) is 26.2 Å². The largest absolute Gasteiger partial charge is 0.343 e. The summed E-state index contributed by atoms with van der Waals surface area (Å²) in [4.78, 5) is 13.6. The summed E-state index contributed by atoms with van der Waals surface area (Å²) < 4.78 is 0. The van der Waals surface area contributed by atoms with E-state index in [4.69, 9.17) is 0 Å². The van der Waals surface area contributed by atoms with Crippen LogP contribution < -0.4 is 5.32 Å². The van der Waals surface area contributed by atoms with E-state index in [1.165, 1.54) is 12.8 Å².